The molecule has 2 aromatic heterocycles. The quantitative estimate of drug-likeness (QED) is 0.436. The molecule has 0 unspecified atom stereocenters. The Morgan fingerprint density at radius 2 is 1.89 bits per heavy atom. The molecule has 9 nitrogen and oxygen atoms in total. The van der Waals surface area contributed by atoms with Gasteiger partial charge in [-0.05, 0) is 70.1 Å². The Labute approximate surface area is 216 Å². The Bertz CT molecular complexity index is 1090. The maximum atomic E-state index is 12.4. The molecule has 0 spiro atoms. The number of carbonyl (C=O) groups is 1. The minimum absolute atomic E-state index is 0.183. The summed E-state index contributed by atoms with van der Waals surface area (Å²) >= 11 is 5.90. The smallest absolute Gasteiger partial charge is 0.275 e. The van der Waals surface area contributed by atoms with Gasteiger partial charge in [0.05, 0.1) is 26.7 Å². The Kier molecular flexibility index (Phi) is 10.1. The third kappa shape index (κ3) is 7.76. The molecule has 3 aromatic rings. The second-order valence-electron chi connectivity index (χ2n) is 8.50. The van der Waals surface area contributed by atoms with E-state index in [1.54, 1.807) is 37.4 Å². The van der Waals surface area contributed by atoms with Gasteiger partial charge in [-0.15, -0.1) is 22.8 Å². The summed E-state index contributed by atoms with van der Waals surface area (Å²) in [5.41, 5.74) is 2.62. The monoisotopic (exact) mass is 518 g/mol. The van der Waals surface area contributed by atoms with E-state index >= 15 is 0 Å². The van der Waals surface area contributed by atoms with E-state index in [4.69, 9.17) is 9.15 Å². The molecule has 0 aliphatic carbocycles. The molecule has 1 amide bonds. The number of amides is 1. The van der Waals surface area contributed by atoms with Crippen LogP contribution in [0.2, 0.25) is 0 Å². The molecule has 1 N–H and O–H groups in total. The van der Waals surface area contributed by atoms with E-state index in [2.05, 4.69) is 38.0 Å². The third-order valence-electron chi connectivity index (χ3n) is 5.58. The zero-order chi connectivity index (χ0) is 25.4. The molecule has 1 aliphatic rings. The number of aromatic nitrogens is 3. The van der Waals surface area contributed by atoms with Crippen LogP contribution in [0, 0.1) is 13.8 Å². The predicted molar refractivity (Wildman–Crippen MR) is 139 cm³/mol. The second-order valence-corrected chi connectivity index (χ2v) is 10.1. The van der Waals surface area contributed by atoms with Crippen LogP contribution in [0.25, 0.3) is 0 Å². The Hall–Kier alpha value is -2.47. The number of nitrogens with one attached hydrogen (secondary N) is 1. The van der Waals surface area contributed by atoms with Gasteiger partial charge < -0.3 is 19.4 Å². The van der Waals surface area contributed by atoms with E-state index in [9.17, 15) is 4.79 Å². The summed E-state index contributed by atoms with van der Waals surface area (Å²) in [5.74, 6) is 1.22. The molecule has 35 heavy (non-hydrogen) atoms. The van der Waals surface area contributed by atoms with Crippen molar-refractivity contribution < 1.29 is 13.9 Å². The molecule has 1 fully saturated rings. The van der Waals surface area contributed by atoms with Crippen LogP contribution >= 0.6 is 24.0 Å². The summed E-state index contributed by atoms with van der Waals surface area (Å²) < 4.78 is 10.3. The molecule has 0 atom stereocenters. The predicted octanol–water partition coefficient (Wildman–Crippen LogP) is 3.71. The van der Waals surface area contributed by atoms with E-state index in [1.807, 2.05) is 26.0 Å². The summed E-state index contributed by atoms with van der Waals surface area (Å²) in [7, 11) is 5.20. The van der Waals surface area contributed by atoms with Crippen LogP contribution in [-0.4, -0.2) is 65.2 Å². The molecule has 190 valence electrons. The largest absolute Gasteiger partial charge is 0.497 e. The van der Waals surface area contributed by atoms with Gasteiger partial charge in [0, 0.05) is 11.9 Å². The minimum Gasteiger partial charge on any atom is -0.497 e. The molecule has 1 aromatic carbocycles. The molecule has 0 saturated carbocycles. The standard InChI is InChI=1S/C15H22N6O2S.C9H12OS/c1-16-7-12-17-11(10-23-12)15(22)20(2)8-13-18-19-14(24-13)9-21-5-3-4-6-21;1-6-4-8(10-3)5-7(2)9(6)11/h10,16H,3-9H2,1-2H3;4-5,11H,1-3H3. The number of rotatable bonds is 8. The van der Waals surface area contributed by atoms with Gasteiger partial charge >= 0.3 is 0 Å². The highest BCUT2D eigenvalue weighted by atomic mass is 32.1. The first kappa shape index (κ1) is 27.1. The molecule has 0 bridgehead atoms. The van der Waals surface area contributed by atoms with Gasteiger partial charge in [-0.3, -0.25) is 9.69 Å². The molecular formula is C24H34N6O3S2. The first-order valence-electron chi connectivity index (χ1n) is 11.5. The lowest BCUT2D eigenvalue weighted by molar-refractivity contribution is 0.0779. The topological polar surface area (TPSA) is 96.6 Å². The lowest BCUT2D eigenvalue weighted by atomic mass is 10.1. The Morgan fingerprint density at radius 1 is 1.23 bits per heavy atom. The first-order chi connectivity index (χ1) is 16.8. The third-order valence-corrected chi connectivity index (χ3v) is 7.18. The van der Waals surface area contributed by atoms with Crippen molar-refractivity contribution in [3.05, 3.63) is 51.1 Å². The van der Waals surface area contributed by atoms with Gasteiger partial charge in [0.25, 0.3) is 5.91 Å². The van der Waals surface area contributed by atoms with Crippen molar-refractivity contribution in [3.63, 3.8) is 0 Å². The van der Waals surface area contributed by atoms with Gasteiger partial charge in [0.15, 0.2) is 5.69 Å². The summed E-state index contributed by atoms with van der Waals surface area (Å²) in [5, 5.41) is 13.2. The van der Waals surface area contributed by atoms with Crippen LogP contribution in [0.15, 0.2) is 27.7 Å². The number of ether oxygens (including phenoxy) is 1. The lowest BCUT2D eigenvalue weighted by Crippen LogP contribution is -2.26. The first-order valence-corrected chi connectivity index (χ1v) is 12.8. The van der Waals surface area contributed by atoms with Crippen molar-refractivity contribution in [1.82, 2.24) is 30.3 Å². The van der Waals surface area contributed by atoms with E-state index in [0.29, 0.717) is 24.7 Å². The average molecular weight is 519 g/mol. The number of nitrogens with zero attached hydrogens (tertiary/aromatic N) is 5. The fourth-order valence-electron chi connectivity index (χ4n) is 3.69. The van der Waals surface area contributed by atoms with Crippen molar-refractivity contribution in [1.29, 1.82) is 0 Å². The molecule has 0 radical (unpaired) electrons. The molecule has 1 aliphatic heterocycles. The van der Waals surface area contributed by atoms with Crippen molar-refractivity contribution in [3.8, 4) is 5.75 Å². The molecular weight excluding hydrogens is 484 g/mol. The number of oxazole rings is 1. The van der Waals surface area contributed by atoms with Crippen molar-refractivity contribution >= 4 is 29.9 Å². The van der Waals surface area contributed by atoms with E-state index in [0.717, 1.165) is 51.4 Å². The highest BCUT2D eigenvalue weighted by Crippen LogP contribution is 2.24. The van der Waals surface area contributed by atoms with Crippen LogP contribution < -0.4 is 10.1 Å². The van der Waals surface area contributed by atoms with Crippen molar-refractivity contribution in [2.45, 2.75) is 51.2 Å². The van der Waals surface area contributed by atoms with Crippen molar-refractivity contribution in [2.24, 2.45) is 0 Å². The maximum absolute atomic E-state index is 12.4. The molecule has 11 heteroatoms. The number of thiol groups is 1. The Balaban J connectivity index is 0.000000261. The number of hydrogen-bond acceptors (Lipinski definition) is 10. The van der Waals surface area contributed by atoms with Crippen molar-refractivity contribution in [2.75, 3.05) is 34.3 Å². The molecule has 4 rings (SSSR count). The van der Waals surface area contributed by atoms with E-state index < -0.39 is 0 Å². The highest BCUT2D eigenvalue weighted by Gasteiger charge is 2.19. The van der Waals surface area contributed by atoms with Crippen LogP contribution in [0.1, 0.15) is 50.4 Å². The summed E-state index contributed by atoms with van der Waals surface area (Å²) in [4.78, 5) is 21.6. The SMILES string of the molecule is CNCc1nc(C(=O)N(C)Cc2nnc(CN3CCCC3)s2)co1.COc1cc(C)c(S)c(C)c1. The number of hydrogen-bond donors (Lipinski definition) is 2. The van der Waals surface area contributed by atoms with E-state index in [-0.39, 0.29) is 5.91 Å². The van der Waals surface area contributed by atoms with Gasteiger partial charge in [0.1, 0.15) is 22.0 Å². The maximum Gasteiger partial charge on any atom is 0.275 e. The van der Waals surface area contributed by atoms with Crippen LogP contribution in [0.3, 0.4) is 0 Å². The average Bonchev–Trinajstić information content (AvgIpc) is 3.61. The molecule has 1 saturated heterocycles. The van der Waals surface area contributed by atoms with Gasteiger partial charge in [-0.25, -0.2) is 4.98 Å². The summed E-state index contributed by atoms with van der Waals surface area (Å²) in [6.07, 6.45) is 3.91. The van der Waals surface area contributed by atoms with Crippen LogP contribution in [-0.2, 0) is 19.6 Å². The zero-order valence-corrected chi connectivity index (χ0v) is 22.7. The van der Waals surface area contributed by atoms with Crippen LogP contribution in [0.5, 0.6) is 5.75 Å². The van der Waals surface area contributed by atoms with E-state index in [1.165, 1.54) is 19.1 Å². The fraction of sp³-hybridized carbons (Fsp3) is 0.500. The lowest BCUT2D eigenvalue weighted by Gasteiger charge is -2.13. The van der Waals surface area contributed by atoms with Gasteiger partial charge in [-0.2, -0.15) is 0 Å². The number of aryl methyl sites for hydroxylation is 2. The number of benzene rings is 1. The normalized spacial score (nSPS) is 13.4. The highest BCUT2D eigenvalue weighted by molar-refractivity contribution is 7.80. The summed E-state index contributed by atoms with van der Waals surface area (Å²) in [6, 6.07) is 3.96. The number of likely N-dealkylation sites (tertiary alicyclic amines) is 1. The zero-order valence-electron chi connectivity index (χ0n) is 21.0. The summed E-state index contributed by atoms with van der Waals surface area (Å²) in [6.45, 7) is 8.09. The number of carbonyl (C=O) groups excluding carboxylic acids is 1. The molecule has 3 heterocycles. The van der Waals surface area contributed by atoms with Gasteiger partial charge in [-0.1, -0.05) is 11.3 Å². The van der Waals surface area contributed by atoms with Gasteiger partial charge in [0.2, 0.25) is 5.89 Å². The number of methoxy groups -OCH3 is 1. The minimum atomic E-state index is -0.183. The second kappa shape index (κ2) is 13.0. The Morgan fingerprint density at radius 3 is 2.51 bits per heavy atom. The fourth-order valence-corrected chi connectivity index (χ4v) is 4.76. The van der Waals surface area contributed by atoms with Crippen LogP contribution in [0.4, 0.5) is 0 Å².